The van der Waals surface area contributed by atoms with E-state index in [0.29, 0.717) is 29.9 Å². The molecular weight excluding hydrogens is 394 g/mol. The van der Waals surface area contributed by atoms with Crippen LogP contribution in [0.15, 0.2) is 41.2 Å². The van der Waals surface area contributed by atoms with Crippen molar-refractivity contribution >= 4 is 11.8 Å². The number of hydrogen-bond acceptors (Lipinski definition) is 6. The summed E-state index contributed by atoms with van der Waals surface area (Å²) in [6, 6.07) is 5.60. The highest BCUT2D eigenvalue weighted by Gasteiger charge is 2.45. The van der Waals surface area contributed by atoms with E-state index in [1.54, 1.807) is 14.2 Å². The summed E-state index contributed by atoms with van der Waals surface area (Å²) in [5.74, 6) is -0.0521. The van der Waals surface area contributed by atoms with E-state index in [4.69, 9.17) is 14.2 Å². The standard InChI is InChI=1S/C25H31NO5/c1-15-21(25(28)31-16-9-5-4-6-10-16)22(23-18(26-15)12-8-13-19(23)27)17-11-7-14-20(29-2)24(17)30-3/h7,11-12,14,16,22-23,26H,4-6,8-10,13H2,1-3H3. The van der Waals surface area contributed by atoms with Crippen LogP contribution in [0, 0.1) is 5.92 Å². The molecule has 0 saturated heterocycles. The molecule has 0 aromatic heterocycles. The summed E-state index contributed by atoms with van der Waals surface area (Å²) >= 11 is 0. The lowest BCUT2D eigenvalue weighted by molar-refractivity contribution is -0.146. The number of rotatable bonds is 5. The van der Waals surface area contributed by atoms with E-state index in [1.807, 2.05) is 25.1 Å². The van der Waals surface area contributed by atoms with Crippen molar-refractivity contribution in [3.8, 4) is 11.5 Å². The van der Waals surface area contributed by atoms with E-state index in [0.717, 1.165) is 42.6 Å². The quantitative estimate of drug-likeness (QED) is 0.705. The predicted molar refractivity (Wildman–Crippen MR) is 117 cm³/mol. The highest BCUT2D eigenvalue weighted by molar-refractivity contribution is 5.96. The first-order valence-electron chi connectivity index (χ1n) is 11.2. The molecule has 0 bridgehead atoms. The monoisotopic (exact) mass is 425 g/mol. The van der Waals surface area contributed by atoms with Crippen LogP contribution in [0.4, 0.5) is 0 Å². The van der Waals surface area contributed by atoms with Crippen LogP contribution in [0.3, 0.4) is 0 Å². The lowest BCUT2D eigenvalue weighted by Gasteiger charge is -2.39. The summed E-state index contributed by atoms with van der Waals surface area (Å²) in [6.07, 6.45) is 8.30. The number of fused-ring (bicyclic) bond motifs is 1. The second kappa shape index (κ2) is 9.16. The van der Waals surface area contributed by atoms with Gasteiger partial charge in [0.15, 0.2) is 11.5 Å². The second-order valence-corrected chi connectivity index (χ2v) is 8.53. The highest BCUT2D eigenvalue weighted by Crippen LogP contribution is 2.48. The zero-order chi connectivity index (χ0) is 22.0. The fourth-order valence-electron chi connectivity index (χ4n) is 5.17. The van der Waals surface area contributed by atoms with Crippen molar-refractivity contribution in [2.24, 2.45) is 5.92 Å². The molecule has 4 rings (SSSR count). The van der Waals surface area contributed by atoms with E-state index in [9.17, 15) is 9.59 Å². The molecule has 166 valence electrons. The van der Waals surface area contributed by atoms with Gasteiger partial charge < -0.3 is 19.5 Å². The molecule has 1 N–H and O–H groups in total. The van der Waals surface area contributed by atoms with Crippen LogP contribution < -0.4 is 14.8 Å². The number of ketones is 1. The molecule has 6 nitrogen and oxygen atoms in total. The third-order valence-electron chi connectivity index (χ3n) is 6.63. The van der Waals surface area contributed by atoms with Crippen molar-refractivity contribution in [3.05, 3.63) is 46.8 Å². The van der Waals surface area contributed by atoms with Crippen LogP contribution in [0.2, 0.25) is 0 Å². The Hall–Kier alpha value is -2.76. The van der Waals surface area contributed by atoms with Gasteiger partial charge in [-0.05, 0) is 45.1 Å². The summed E-state index contributed by atoms with van der Waals surface area (Å²) < 4.78 is 17.2. The summed E-state index contributed by atoms with van der Waals surface area (Å²) in [6.45, 7) is 1.88. The van der Waals surface area contributed by atoms with E-state index in [1.165, 1.54) is 6.42 Å². The molecule has 1 fully saturated rings. The van der Waals surface area contributed by atoms with Crippen molar-refractivity contribution in [2.45, 2.75) is 63.9 Å². The number of hydrogen-bond donors (Lipinski definition) is 1. The van der Waals surface area contributed by atoms with Crippen molar-refractivity contribution in [2.75, 3.05) is 14.2 Å². The zero-order valence-corrected chi connectivity index (χ0v) is 18.5. The Balaban J connectivity index is 1.81. The number of carbonyl (C=O) groups excluding carboxylic acids is 2. The van der Waals surface area contributed by atoms with E-state index >= 15 is 0 Å². The van der Waals surface area contributed by atoms with Gasteiger partial charge in [0.25, 0.3) is 0 Å². The van der Waals surface area contributed by atoms with Crippen molar-refractivity contribution in [1.29, 1.82) is 0 Å². The first-order valence-corrected chi connectivity index (χ1v) is 11.2. The van der Waals surface area contributed by atoms with Gasteiger partial charge in [-0.1, -0.05) is 24.6 Å². The van der Waals surface area contributed by atoms with Gasteiger partial charge in [-0.3, -0.25) is 4.79 Å². The molecule has 0 radical (unpaired) electrons. The van der Waals surface area contributed by atoms with Crippen molar-refractivity contribution in [3.63, 3.8) is 0 Å². The number of carbonyl (C=O) groups is 2. The van der Waals surface area contributed by atoms with Crippen LogP contribution in [-0.4, -0.2) is 32.1 Å². The maximum atomic E-state index is 13.5. The van der Waals surface area contributed by atoms with Crippen LogP contribution >= 0.6 is 0 Å². The number of methoxy groups -OCH3 is 2. The topological polar surface area (TPSA) is 73.9 Å². The van der Waals surface area contributed by atoms with E-state index in [2.05, 4.69) is 11.4 Å². The molecule has 1 aromatic carbocycles. The molecule has 2 unspecified atom stereocenters. The van der Waals surface area contributed by atoms with Crippen molar-refractivity contribution < 1.29 is 23.8 Å². The Morgan fingerprint density at radius 3 is 2.55 bits per heavy atom. The maximum absolute atomic E-state index is 13.5. The SMILES string of the molecule is COc1cccc(C2C(C(=O)OC3CCCCC3)=C(C)NC3=CCCC(=O)C32)c1OC. The van der Waals surface area contributed by atoms with Gasteiger partial charge in [0.1, 0.15) is 11.9 Å². The maximum Gasteiger partial charge on any atom is 0.336 e. The number of allylic oxidation sites excluding steroid dienone is 3. The largest absolute Gasteiger partial charge is 0.493 e. The minimum absolute atomic E-state index is 0.0617. The number of ether oxygens (including phenoxy) is 3. The summed E-state index contributed by atoms with van der Waals surface area (Å²) in [4.78, 5) is 26.6. The number of Topliss-reactive ketones (excluding diaryl/α,β-unsaturated/α-hetero) is 1. The van der Waals surface area contributed by atoms with Gasteiger partial charge in [-0.25, -0.2) is 4.79 Å². The molecule has 6 heteroatoms. The molecule has 2 atom stereocenters. The lowest BCUT2D eigenvalue weighted by Crippen LogP contribution is -2.41. The molecule has 0 spiro atoms. The van der Waals surface area contributed by atoms with Crippen LogP contribution in [0.5, 0.6) is 11.5 Å². The molecule has 1 aliphatic heterocycles. The zero-order valence-electron chi connectivity index (χ0n) is 18.5. The molecule has 1 saturated carbocycles. The number of nitrogens with one attached hydrogen (secondary N) is 1. The van der Waals surface area contributed by atoms with Gasteiger partial charge in [0, 0.05) is 29.3 Å². The van der Waals surface area contributed by atoms with Crippen molar-refractivity contribution in [1.82, 2.24) is 5.32 Å². The van der Waals surface area contributed by atoms with Crippen LogP contribution in [0.1, 0.15) is 63.4 Å². The predicted octanol–water partition coefficient (Wildman–Crippen LogP) is 4.40. The molecule has 2 aliphatic carbocycles. The molecule has 3 aliphatic rings. The average Bonchev–Trinajstić information content (AvgIpc) is 2.78. The molecule has 31 heavy (non-hydrogen) atoms. The van der Waals surface area contributed by atoms with Crippen LogP contribution in [-0.2, 0) is 14.3 Å². The van der Waals surface area contributed by atoms with E-state index in [-0.39, 0.29) is 17.9 Å². The minimum atomic E-state index is -0.485. The number of esters is 1. The first-order chi connectivity index (χ1) is 15.0. The summed E-state index contributed by atoms with van der Waals surface area (Å²) in [5, 5.41) is 3.33. The Labute approximate surface area is 183 Å². The smallest absolute Gasteiger partial charge is 0.336 e. The second-order valence-electron chi connectivity index (χ2n) is 8.53. The van der Waals surface area contributed by atoms with Gasteiger partial charge >= 0.3 is 5.97 Å². The highest BCUT2D eigenvalue weighted by atomic mass is 16.5. The van der Waals surface area contributed by atoms with Gasteiger partial charge in [-0.15, -0.1) is 0 Å². The Bertz CT molecular complexity index is 926. The number of para-hydroxylation sites is 1. The van der Waals surface area contributed by atoms with Crippen LogP contribution in [0.25, 0.3) is 0 Å². The third kappa shape index (κ3) is 4.08. The molecule has 0 amide bonds. The summed E-state index contributed by atoms with van der Waals surface area (Å²) in [7, 11) is 3.17. The molecule has 1 aromatic rings. The van der Waals surface area contributed by atoms with Gasteiger partial charge in [-0.2, -0.15) is 0 Å². The average molecular weight is 426 g/mol. The number of benzene rings is 1. The van der Waals surface area contributed by atoms with Gasteiger partial charge in [0.2, 0.25) is 0 Å². The third-order valence-corrected chi connectivity index (χ3v) is 6.63. The first kappa shape index (κ1) is 21.5. The normalized spacial score (nSPS) is 24.1. The summed E-state index contributed by atoms with van der Waals surface area (Å²) in [5.41, 5.74) is 2.87. The fraction of sp³-hybridized carbons (Fsp3) is 0.520. The molecular formula is C25H31NO5. The lowest BCUT2D eigenvalue weighted by atomic mass is 9.70. The Kier molecular flexibility index (Phi) is 6.35. The fourth-order valence-corrected chi connectivity index (χ4v) is 5.17. The Morgan fingerprint density at radius 2 is 1.84 bits per heavy atom. The van der Waals surface area contributed by atoms with E-state index < -0.39 is 11.8 Å². The Morgan fingerprint density at radius 1 is 1.06 bits per heavy atom. The molecule has 1 heterocycles. The minimum Gasteiger partial charge on any atom is -0.493 e. The van der Waals surface area contributed by atoms with Gasteiger partial charge in [0.05, 0.1) is 25.7 Å².